The zero-order valence-electron chi connectivity index (χ0n) is 10.4. The average Bonchev–Trinajstić information content (AvgIpc) is 2.30. The lowest BCUT2D eigenvalue weighted by Crippen LogP contribution is -2.41. The van der Waals surface area contributed by atoms with Crippen molar-refractivity contribution in [3.63, 3.8) is 0 Å². The SMILES string of the molecule is C/C=C/C/C=C/B1OC(C)(C)C(C)(C)O1. The fourth-order valence-electron chi connectivity index (χ4n) is 1.37. The molecule has 0 amide bonds. The number of hydrogen-bond donors (Lipinski definition) is 0. The summed E-state index contributed by atoms with van der Waals surface area (Å²) in [4.78, 5) is 0. The maximum Gasteiger partial charge on any atom is 0.486 e. The molecule has 1 aliphatic rings. The van der Waals surface area contributed by atoms with E-state index in [1.54, 1.807) is 0 Å². The van der Waals surface area contributed by atoms with Crippen molar-refractivity contribution < 1.29 is 9.31 Å². The normalized spacial score (nSPS) is 24.5. The van der Waals surface area contributed by atoms with Gasteiger partial charge in [0.1, 0.15) is 0 Å². The Morgan fingerprint density at radius 1 is 1.00 bits per heavy atom. The summed E-state index contributed by atoms with van der Waals surface area (Å²) in [6, 6.07) is 0. The van der Waals surface area contributed by atoms with Crippen LogP contribution in [0, 0.1) is 0 Å². The summed E-state index contributed by atoms with van der Waals surface area (Å²) in [6.45, 7) is 10.3. The van der Waals surface area contributed by atoms with E-state index in [4.69, 9.17) is 9.31 Å². The molecule has 0 radical (unpaired) electrons. The van der Waals surface area contributed by atoms with E-state index in [-0.39, 0.29) is 18.3 Å². The highest BCUT2D eigenvalue weighted by atomic mass is 16.7. The molecule has 0 aromatic heterocycles. The molecular formula is C12H21BO2. The summed E-state index contributed by atoms with van der Waals surface area (Å²) in [5, 5.41) is 0. The minimum absolute atomic E-state index is 0.208. The lowest BCUT2D eigenvalue weighted by molar-refractivity contribution is 0.00578. The Hall–Kier alpha value is -0.535. The van der Waals surface area contributed by atoms with Crippen molar-refractivity contribution >= 4 is 7.12 Å². The molecule has 0 atom stereocenters. The predicted octanol–water partition coefficient (Wildman–Crippen LogP) is 3.14. The van der Waals surface area contributed by atoms with Crippen LogP contribution in [-0.2, 0) is 9.31 Å². The molecule has 84 valence electrons. The van der Waals surface area contributed by atoms with E-state index in [0.29, 0.717) is 0 Å². The van der Waals surface area contributed by atoms with Crippen LogP contribution in [0.1, 0.15) is 41.0 Å². The summed E-state index contributed by atoms with van der Waals surface area (Å²) in [6.07, 6.45) is 7.14. The first-order chi connectivity index (χ1) is 6.89. The van der Waals surface area contributed by atoms with Crippen LogP contribution in [0.25, 0.3) is 0 Å². The first kappa shape index (κ1) is 12.5. The van der Waals surface area contributed by atoms with Gasteiger partial charge in [0.05, 0.1) is 11.2 Å². The summed E-state index contributed by atoms with van der Waals surface area (Å²) >= 11 is 0. The van der Waals surface area contributed by atoms with Crippen LogP contribution in [0.3, 0.4) is 0 Å². The molecule has 1 heterocycles. The molecule has 3 heteroatoms. The molecule has 1 aliphatic heterocycles. The molecular weight excluding hydrogens is 187 g/mol. The fraction of sp³-hybridized carbons (Fsp3) is 0.667. The lowest BCUT2D eigenvalue weighted by Gasteiger charge is -2.32. The number of hydrogen-bond acceptors (Lipinski definition) is 2. The van der Waals surface area contributed by atoms with Crippen molar-refractivity contribution in [1.29, 1.82) is 0 Å². The van der Waals surface area contributed by atoms with Crippen molar-refractivity contribution in [3.8, 4) is 0 Å². The van der Waals surface area contributed by atoms with Crippen LogP contribution < -0.4 is 0 Å². The van der Waals surface area contributed by atoms with Gasteiger partial charge in [-0.1, -0.05) is 24.2 Å². The van der Waals surface area contributed by atoms with E-state index < -0.39 is 0 Å². The average molecular weight is 208 g/mol. The molecule has 15 heavy (non-hydrogen) atoms. The number of rotatable bonds is 3. The Morgan fingerprint density at radius 2 is 1.53 bits per heavy atom. The zero-order valence-corrected chi connectivity index (χ0v) is 10.4. The van der Waals surface area contributed by atoms with Gasteiger partial charge in [0.25, 0.3) is 0 Å². The van der Waals surface area contributed by atoms with Gasteiger partial charge >= 0.3 is 7.12 Å². The van der Waals surface area contributed by atoms with Gasteiger partial charge in [-0.05, 0) is 41.0 Å². The monoisotopic (exact) mass is 208 g/mol. The molecule has 1 saturated heterocycles. The van der Waals surface area contributed by atoms with Gasteiger partial charge in [-0.2, -0.15) is 0 Å². The predicted molar refractivity (Wildman–Crippen MR) is 64.7 cm³/mol. The fourth-order valence-corrected chi connectivity index (χ4v) is 1.37. The van der Waals surface area contributed by atoms with Gasteiger partial charge < -0.3 is 9.31 Å². The zero-order chi connectivity index (χ0) is 11.5. The van der Waals surface area contributed by atoms with Gasteiger partial charge in [0, 0.05) is 0 Å². The molecule has 1 rings (SSSR count). The third-order valence-corrected chi connectivity index (χ3v) is 3.07. The second kappa shape index (κ2) is 4.54. The smallest absolute Gasteiger partial charge is 0.400 e. The largest absolute Gasteiger partial charge is 0.486 e. The molecule has 0 unspecified atom stereocenters. The second-order valence-electron chi connectivity index (χ2n) is 4.86. The van der Waals surface area contributed by atoms with E-state index >= 15 is 0 Å². The van der Waals surface area contributed by atoms with Gasteiger partial charge in [-0.15, -0.1) is 0 Å². The summed E-state index contributed by atoms with van der Waals surface area (Å²) in [5.74, 6) is 1.98. The van der Waals surface area contributed by atoms with Crippen molar-refractivity contribution in [2.24, 2.45) is 0 Å². The topological polar surface area (TPSA) is 18.5 Å². The van der Waals surface area contributed by atoms with Crippen molar-refractivity contribution in [2.75, 3.05) is 0 Å². The molecule has 0 spiro atoms. The Morgan fingerprint density at radius 3 is 2.00 bits per heavy atom. The first-order valence-electron chi connectivity index (χ1n) is 5.52. The molecule has 0 aromatic carbocycles. The molecule has 0 N–H and O–H groups in total. The van der Waals surface area contributed by atoms with E-state index in [9.17, 15) is 0 Å². The van der Waals surface area contributed by atoms with E-state index in [1.165, 1.54) is 0 Å². The maximum absolute atomic E-state index is 5.81. The van der Waals surface area contributed by atoms with Gasteiger partial charge in [-0.25, -0.2) is 0 Å². The van der Waals surface area contributed by atoms with Gasteiger partial charge in [0.2, 0.25) is 0 Å². The van der Waals surface area contributed by atoms with E-state index in [2.05, 4.69) is 39.8 Å². The highest BCUT2D eigenvalue weighted by molar-refractivity contribution is 6.51. The molecule has 0 bridgehead atoms. The third kappa shape index (κ3) is 2.96. The Balaban J connectivity index is 2.52. The van der Waals surface area contributed by atoms with Crippen LogP contribution in [-0.4, -0.2) is 18.3 Å². The van der Waals surface area contributed by atoms with Gasteiger partial charge in [-0.3, -0.25) is 0 Å². The second-order valence-corrected chi connectivity index (χ2v) is 4.86. The Kier molecular flexibility index (Phi) is 3.79. The van der Waals surface area contributed by atoms with Crippen LogP contribution in [0.2, 0.25) is 0 Å². The molecule has 0 saturated carbocycles. The van der Waals surface area contributed by atoms with Crippen LogP contribution in [0.4, 0.5) is 0 Å². The Labute approximate surface area is 93.5 Å². The standard InChI is InChI=1S/C12H21BO2/c1-6-7-8-9-10-13-14-11(2,3)12(4,5)15-13/h6-7,9-10H,8H2,1-5H3/b7-6+,10-9+. The first-order valence-corrected chi connectivity index (χ1v) is 5.52. The van der Waals surface area contributed by atoms with Gasteiger partial charge in [0.15, 0.2) is 0 Å². The number of allylic oxidation sites excluding steroid dienone is 3. The quantitative estimate of drug-likeness (QED) is 0.524. The summed E-state index contributed by atoms with van der Waals surface area (Å²) in [5.41, 5.74) is -0.467. The molecule has 1 fully saturated rings. The highest BCUT2D eigenvalue weighted by Crippen LogP contribution is 2.36. The van der Waals surface area contributed by atoms with Crippen molar-refractivity contribution in [2.45, 2.75) is 52.2 Å². The highest BCUT2D eigenvalue weighted by Gasteiger charge is 2.49. The Bertz CT molecular complexity index is 251. The van der Waals surface area contributed by atoms with Crippen LogP contribution in [0.5, 0.6) is 0 Å². The maximum atomic E-state index is 5.81. The summed E-state index contributed by atoms with van der Waals surface area (Å²) < 4.78 is 11.6. The van der Waals surface area contributed by atoms with E-state index in [0.717, 1.165) is 6.42 Å². The van der Waals surface area contributed by atoms with Crippen LogP contribution >= 0.6 is 0 Å². The van der Waals surface area contributed by atoms with Crippen molar-refractivity contribution in [3.05, 3.63) is 24.2 Å². The third-order valence-electron chi connectivity index (χ3n) is 3.07. The minimum atomic E-state index is -0.234. The van der Waals surface area contributed by atoms with E-state index in [1.807, 2.05) is 19.0 Å². The summed E-state index contributed by atoms with van der Waals surface area (Å²) in [7, 11) is -0.208. The molecule has 2 nitrogen and oxygen atoms in total. The lowest BCUT2D eigenvalue weighted by atomic mass is 9.90. The molecule has 0 aromatic rings. The minimum Gasteiger partial charge on any atom is -0.400 e. The van der Waals surface area contributed by atoms with Crippen LogP contribution in [0.15, 0.2) is 24.2 Å². The molecule has 0 aliphatic carbocycles. The van der Waals surface area contributed by atoms with Crippen molar-refractivity contribution in [1.82, 2.24) is 0 Å².